The zero-order chi connectivity index (χ0) is 19.7. The zero-order valence-electron chi connectivity index (χ0n) is 16.0. The Labute approximate surface area is 169 Å². The molecule has 0 radical (unpaired) electrons. The Morgan fingerprint density at radius 1 is 1.07 bits per heavy atom. The summed E-state index contributed by atoms with van der Waals surface area (Å²) in [6.07, 6.45) is 0. The third-order valence-electron chi connectivity index (χ3n) is 5.48. The van der Waals surface area contributed by atoms with Crippen LogP contribution in [0.15, 0.2) is 30.3 Å². The predicted molar refractivity (Wildman–Crippen MR) is 106 cm³/mol. The SMILES string of the molecule is CCN1CCN(C(=O)c2cc3n(n2)CCN(Cc2ccc(Cl)cc2)C3=O)CC1. The number of carbonyl (C=O) groups is 2. The van der Waals surface area contributed by atoms with Crippen LogP contribution in [-0.4, -0.2) is 75.6 Å². The fourth-order valence-electron chi connectivity index (χ4n) is 3.73. The Hall–Kier alpha value is -2.38. The van der Waals surface area contributed by atoms with Crippen molar-refractivity contribution >= 4 is 23.4 Å². The van der Waals surface area contributed by atoms with Gasteiger partial charge in [-0.2, -0.15) is 5.10 Å². The van der Waals surface area contributed by atoms with E-state index in [0.29, 0.717) is 49.1 Å². The Bertz CT molecular complexity index is 871. The molecule has 2 aromatic rings. The number of carbonyl (C=O) groups excluding carboxylic acids is 2. The first kappa shape index (κ1) is 19.0. The number of halogens is 1. The van der Waals surface area contributed by atoms with E-state index in [0.717, 1.165) is 25.2 Å². The minimum atomic E-state index is -0.0939. The maximum Gasteiger partial charge on any atom is 0.274 e. The molecular formula is C20H24ClN5O2. The number of rotatable bonds is 4. The van der Waals surface area contributed by atoms with Gasteiger partial charge in [-0.25, -0.2) is 0 Å². The monoisotopic (exact) mass is 401 g/mol. The molecule has 1 fully saturated rings. The number of hydrogen-bond acceptors (Lipinski definition) is 4. The van der Waals surface area contributed by atoms with Gasteiger partial charge in [0.15, 0.2) is 5.69 Å². The van der Waals surface area contributed by atoms with Crippen molar-refractivity contribution < 1.29 is 9.59 Å². The number of piperazine rings is 1. The maximum atomic E-state index is 12.9. The molecule has 0 atom stereocenters. The molecule has 0 unspecified atom stereocenters. The van der Waals surface area contributed by atoms with Gasteiger partial charge in [-0.1, -0.05) is 30.7 Å². The Kier molecular flexibility index (Phi) is 5.37. The van der Waals surface area contributed by atoms with Gasteiger partial charge in [0.25, 0.3) is 11.8 Å². The lowest BCUT2D eigenvalue weighted by Gasteiger charge is -2.33. The van der Waals surface area contributed by atoms with Crippen LogP contribution in [0.25, 0.3) is 0 Å². The topological polar surface area (TPSA) is 61.7 Å². The largest absolute Gasteiger partial charge is 0.335 e. The Morgan fingerprint density at radius 2 is 1.79 bits per heavy atom. The molecule has 7 nitrogen and oxygen atoms in total. The number of hydrogen-bond donors (Lipinski definition) is 0. The van der Waals surface area contributed by atoms with Crippen molar-refractivity contribution in [3.63, 3.8) is 0 Å². The molecule has 148 valence electrons. The molecule has 1 aromatic carbocycles. The quantitative estimate of drug-likeness (QED) is 0.785. The van der Waals surface area contributed by atoms with Crippen LogP contribution in [0, 0.1) is 0 Å². The molecule has 0 N–H and O–H groups in total. The zero-order valence-corrected chi connectivity index (χ0v) is 16.7. The summed E-state index contributed by atoms with van der Waals surface area (Å²) in [7, 11) is 0. The van der Waals surface area contributed by atoms with E-state index in [1.807, 2.05) is 29.2 Å². The van der Waals surface area contributed by atoms with Gasteiger partial charge in [-0.3, -0.25) is 14.3 Å². The molecule has 2 aliphatic heterocycles. The van der Waals surface area contributed by atoms with Gasteiger partial charge in [0, 0.05) is 50.4 Å². The average Bonchev–Trinajstić information content (AvgIpc) is 3.16. The summed E-state index contributed by atoms with van der Waals surface area (Å²) < 4.78 is 1.66. The van der Waals surface area contributed by atoms with Gasteiger partial charge in [0.05, 0.1) is 6.54 Å². The average molecular weight is 402 g/mol. The van der Waals surface area contributed by atoms with Crippen molar-refractivity contribution in [2.75, 3.05) is 39.3 Å². The molecule has 0 spiro atoms. The van der Waals surface area contributed by atoms with Gasteiger partial charge in [0.2, 0.25) is 0 Å². The van der Waals surface area contributed by atoms with Crippen LogP contribution in [0.4, 0.5) is 0 Å². The van der Waals surface area contributed by atoms with E-state index in [1.165, 1.54) is 0 Å². The fraction of sp³-hybridized carbons (Fsp3) is 0.450. The van der Waals surface area contributed by atoms with Crippen LogP contribution in [0.1, 0.15) is 33.5 Å². The molecule has 2 aliphatic rings. The summed E-state index contributed by atoms with van der Waals surface area (Å²) in [6.45, 7) is 7.96. The molecule has 0 saturated carbocycles. The highest BCUT2D eigenvalue weighted by molar-refractivity contribution is 6.30. The first-order valence-corrected chi connectivity index (χ1v) is 10.1. The van der Waals surface area contributed by atoms with Crippen LogP contribution in [0.3, 0.4) is 0 Å². The standard InChI is InChI=1S/C20H24ClN5O2/c1-2-23-7-9-24(10-8-23)19(27)17-13-18-20(28)25(11-12-26(18)22-17)14-15-3-5-16(21)6-4-15/h3-6,13H,2,7-12,14H2,1H3. The third-order valence-corrected chi connectivity index (χ3v) is 5.73. The number of nitrogens with zero attached hydrogens (tertiary/aromatic N) is 5. The van der Waals surface area contributed by atoms with E-state index in [4.69, 9.17) is 11.6 Å². The van der Waals surface area contributed by atoms with E-state index in [-0.39, 0.29) is 11.8 Å². The molecule has 0 bridgehead atoms. The molecule has 8 heteroatoms. The van der Waals surface area contributed by atoms with Crippen molar-refractivity contribution in [2.24, 2.45) is 0 Å². The Balaban J connectivity index is 1.46. The van der Waals surface area contributed by atoms with Crippen LogP contribution in [-0.2, 0) is 13.1 Å². The first-order valence-electron chi connectivity index (χ1n) is 9.68. The third kappa shape index (κ3) is 3.77. The summed E-state index contributed by atoms with van der Waals surface area (Å²) >= 11 is 5.93. The van der Waals surface area contributed by atoms with E-state index in [1.54, 1.807) is 15.6 Å². The molecule has 1 saturated heterocycles. The number of benzene rings is 1. The van der Waals surface area contributed by atoms with E-state index in [9.17, 15) is 9.59 Å². The lowest BCUT2D eigenvalue weighted by atomic mass is 10.2. The summed E-state index contributed by atoms with van der Waals surface area (Å²) in [5.74, 6) is -0.182. The van der Waals surface area contributed by atoms with E-state index < -0.39 is 0 Å². The summed E-state index contributed by atoms with van der Waals surface area (Å²) in [5, 5.41) is 5.09. The van der Waals surface area contributed by atoms with Crippen LogP contribution in [0.2, 0.25) is 5.02 Å². The van der Waals surface area contributed by atoms with Crippen LogP contribution in [0.5, 0.6) is 0 Å². The van der Waals surface area contributed by atoms with Gasteiger partial charge >= 0.3 is 0 Å². The highest BCUT2D eigenvalue weighted by atomic mass is 35.5. The van der Waals surface area contributed by atoms with E-state index >= 15 is 0 Å². The van der Waals surface area contributed by atoms with Gasteiger partial charge in [0.1, 0.15) is 5.69 Å². The van der Waals surface area contributed by atoms with Crippen molar-refractivity contribution in [3.05, 3.63) is 52.3 Å². The number of amides is 2. The second kappa shape index (κ2) is 7.93. The smallest absolute Gasteiger partial charge is 0.274 e. The number of fused-ring (bicyclic) bond motifs is 1. The summed E-state index contributed by atoms with van der Waals surface area (Å²) in [5.41, 5.74) is 1.87. The van der Waals surface area contributed by atoms with Crippen molar-refractivity contribution in [1.29, 1.82) is 0 Å². The number of likely N-dealkylation sites (N-methyl/N-ethyl adjacent to an activating group) is 1. The predicted octanol–water partition coefficient (Wildman–Crippen LogP) is 1.97. The fourth-order valence-corrected chi connectivity index (χ4v) is 3.86. The Morgan fingerprint density at radius 3 is 2.46 bits per heavy atom. The molecule has 1 aromatic heterocycles. The van der Waals surface area contributed by atoms with Crippen molar-refractivity contribution in [3.8, 4) is 0 Å². The summed E-state index contributed by atoms with van der Waals surface area (Å²) in [6, 6.07) is 9.14. The van der Waals surface area contributed by atoms with Gasteiger partial charge < -0.3 is 14.7 Å². The first-order chi connectivity index (χ1) is 13.5. The molecule has 2 amide bonds. The molecule has 0 aliphatic carbocycles. The van der Waals surface area contributed by atoms with Crippen molar-refractivity contribution in [1.82, 2.24) is 24.5 Å². The van der Waals surface area contributed by atoms with Crippen molar-refractivity contribution in [2.45, 2.75) is 20.0 Å². The molecule has 3 heterocycles. The number of aromatic nitrogens is 2. The lowest BCUT2D eigenvalue weighted by Crippen LogP contribution is -2.48. The second-order valence-electron chi connectivity index (χ2n) is 7.22. The summed E-state index contributed by atoms with van der Waals surface area (Å²) in [4.78, 5) is 31.6. The van der Waals surface area contributed by atoms with E-state index in [2.05, 4.69) is 16.9 Å². The highest BCUT2D eigenvalue weighted by Crippen LogP contribution is 2.19. The normalized spacial score (nSPS) is 17.7. The molecular weight excluding hydrogens is 378 g/mol. The molecule has 4 rings (SSSR count). The van der Waals surface area contributed by atoms with Crippen LogP contribution < -0.4 is 0 Å². The van der Waals surface area contributed by atoms with Gasteiger partial charge in [-0.15, -0.1) is 0 Å². The van der Waals surface area contributed by atoms with Gasteiger partial charge in [-0.05, 0) is 24.2 Å². The second-order valence-corrected chi connectivity index (χ2v) is 7.65. The highest BCUT2D eigenvalue weighted by Gasteiger charge is 2.30. The molecule has 28 heavy (non-hydrogen) atoms. The minimum Gasteiger partial charge on any atom is -0.335 e. The minimum absolute atomic E-state index is 0.0882. The van der Waals surface area contributed by atoms with Crippen LogP contribution >= 0.6 is 11.6 Å². The maximum absolute atomic E-state index is 12.9. The lowest BCUT2D eigenvalue weighted by molar-refractivity contribution is 0.0633.